The summed E-state index contributed by atoms with van der Waals surface area (Å²) in [5.41, 5.74) is 6.69. The van der Waals surface area contributed by atoms with E-state index in [1.807, 2.05) is 20.8 Å². The Balaban J connectivity index is 0. The van der Waals surface area contributed by atoms with Crippen LogP contribution in [0.25, 0.3) is 27.3 Å². The van der Waals surface area contributed by atoms with Crippen LogP contribution in [0.2, 0.25) is 19.6 Å². The molecule has 2 nitrogen and oxygen atoms in total. The van der Waals surface area contributed by atoms with Crippen LogP contribution in [0.1, 0.15) is 27.2 Å². The number of nitrogens with one attached hydrogen (secondary N) is 1. The van der Waals surface area contributed by atoms with Gasteiger partial charge < -0.3 is 24.5 Å². The van der Waals surface area contributed by atoms with Crippen LogP contribution in [0, 0.1) is 14.4 Å². The van der Waals surface area contributed by atoms with Gasteiger partial charge in [0.05, 0.1) is 0 Å². The summed E-state index contributed by atoms with van der Waals surface area (Å²) in [6.07, 6.45) is 0.893. The maximum absolute atomic E-state index is 6.94. The van der Waals surface area contributed by atoms with Crippen molar-refractivity contribution >= 4 is 53.3 Å². The van der Waals surface area contributed by atoms with Gasteiger partial charge in [0.1, 0.15) is 0 Å². The van der Waals surface area contributed by atoms with Crippen molar-refractivity contribution in [3.8, 4) is 0 Å². The van der Waals surface area contributed by atoms with Gasteiger partial charge in [-0.1, -0.05) is 57.2 Å². The maximum Gasteiger partial charge on any atom is -0.0771 e. The fourth-order valence-corrected chi connectivity index (χ4v) is 3.04. The van der Waals surface area contributed by atoms with E-state index in [2.05, 4.69) is 86.0 Å². The molecular formula is C25H39Cl2NOSiTi-4. The van der Waals surface area contributed by atoms with Crippen LogP contribution in [-0.4, -0.2) is 25.3 Å². The minimum atomic E-state index is -1.64. The maximum atomic E-state index is 6.94. The molecule has 0 aromatic heterocycles. The average Bonchev–Trinajstić information content (AvgIpc) is 2.97. The molecule has 0 atom stereocenters. The molecule has 0 bridgehead atoms. The standard InChI is InChI=1S/C13H9.C6H15OSi.C4H10N.CH3.CH2.2ClH.Ti/c1-3-7-12-10(5-1)9-11-6-2-4-8-13(11)12;1-5-6-7-8(2,3)4;1-4(2,3)5;;;;;/h1-9H;1,5-6H2,2-4H3;5H,1-3H3;1H3;1H2;2*1H;/q4*-1;;;;+2/p-2. The fraction of sp³-hybridized carbons (Fsp3) is 0.360. The summed E-state index contributed by atoms with van der Waals surface area (Å²) in [6.45, 7) is 16.6. The summed E-state index contributed by atoms with van der Waals surface area (Å²) in [5.74, 6) is 0. The van der Waals surface area contributed by atoms with Crippen molar-refractivity contribution < 1.29 is 19.7 Å². The first-order valence-corrected chi connectivity index (χ1v) is 18.8. The summed E-state index contributed by atoms with van der Waals surface area (Å²) in [5, 5.41) is 5.39. The zero-order valence-corrected chi connectivity index (χ0v) is 24.3. The van der Waals surface area contributed by atoms with Crippen molar-refractivity contribution in [3.63, 3.8) is 0 Å². The van der Waals surface area contributed by atoms with Crippen molar-refractivity contribution in [2.75, 3.05) is 6.61 Å². The fourth-order valence-electron chi connectivity index (χ4n) is 2.28. The van der Waals surface area contributed by atoms with E-state index in [-0.39, 0.29) is 13.0 Å². The third-order valence-corrected chi connectivity index (χ3v) is 4.27. The number of rotatable bonds is 3. The van der Waals surface area contributed by atoms with Gasteiger partial charge in [-0.15, -0.1) is 45.3 Å². The Morgan fingerprint density at radius 2 is 1.32 bits per heavy atom. The van der Waals surface area contributed by atoms with E-state index < -0.39 is 23.6 Å². The molecule has 3 aromatic carbocycles. The van der Waals surface area contributed by atoms with Gasteiger partial charge >= 0.3 is 38.7 Å². The van der Waals surface area contributed by atoms with E-state index in [0.717, 1.165) is 13.0 Å². The molecule has 0 amide bonds. The van der Waals surface area contributed by atoms with Gasteiger partial charge in [0.25, 0.3) is 0 Å². The number of halogens is 2. The molecule has 0 aliphatic rings. The quantitative estimate of drug-likeness (QED) is 0.252. The molecule has 0 fully saturated rings. The molecule has 0 aliphatic carbocycles. The predicted octanol–water partition coefficient (Wildman–Crippen LogP) is 9.41. The minimum absolute atomic E-state index is 0. The molecule has 0 unspecified atom stereocenters. The van der Waals surface area contributed by atoms with Gasteiger partial charge in [-0.25, -0.2) is 0 Å². The summed E-state index contributed by atoms with van der Waals surface area (Å²) in [4.78, 5) is 3.34. The second kappa shape index (κ2) is 16.3. The number of hydrogen-bond donors (Lipinski definition) is 0. The Morgan fingerprint density at radius 3 is 1.58 bits per heavy atom. The molecule has 0 spiro atoms. The van der Waals surface area contributed by atoms with Gasteiger partial charge in [-0.3, -0.25) is 0 Å². The van der Waals surface area contributed by atoms with E-state index in [1.54, 1.807) is 0 Å². The van der Waals surface area contributed by atoms with E-state index in [1.165, 1.54) is 21.5 Å². The summed E-state index contributed by atoms with van der Waals surface area (Å²) < 4.78 is 5.45. The van der Waals surface area contributed by atoms with Gasteiger partial charge in [-0.2, -0.15) is 6.42 Å². The Hall–Kier alpha value is -0.389. The first-order valence-electron chi connectivity index (χ1n) is 9.96. The van der Waals surface area contributed by atoms with E-state index >= 15 is 0 Å². The van der Waals surface area contributed by atoms with E-state index in [0.29, 0.717) is 0 Å². The van der Waals surface area contributed by atoms with Crippen LogP contribution in [0.4, 0.5) is 0 Å². The zero-order valence-electron chi connectivity index (χ0n) is 20.2. The molecule has 3 rings (SSSR count). The predicted molar refractivity (Wildman–Crippen MR) is 146 cm³/mol. The zero-order chi connectivity index (χ0) is 23.4. The second-order valence-electron chi connectivity index (χ2n) is 8.72. The normalized spacial score (nSPS) is 10.5. The number of fused-ring (bicyclic) bond motifs is 3. The molecular weight excluding hydrogens is 477 g/mol. The summed E-state index contributed by atoms with van der Waals surface area (Å²) in [7, 11) is 8.97. The van der Waals surface area contributed by atoms with Crippen LogP contribution >= 0.6 is 18.6 Å². The van der Waals surface area contributed by atoms with Crippen molar-refractivity contribution in [1.82, 2.24) is 0 Å². The van der Waals surface area contributed by atoms with E-state index in [9.17, 15) is 0 Å². The molecule has 0 saturated carbocycles. The third-order valence-electron chi connectivity index (χ3n) is 3.20. The number of hydrogen-bond acceptors (Lipinski definition) is 1. The Morgan fingerprint density at radius 1 is 1.00 bits per heavy atom. The monoisotopic (exact) mass is 515 g/mol. The summed E-state index contributed by atoms with van der Waals surface area (Å²) in [6, 6.07) is 19.3. The summed E-state index contributed by atoms with van der Waals surface area (Å²) >= 11 is -1.64. The third kappa shape index (κ3) is 18.8. The van der Waals surface area contributed by atoms with Crippen LogP contribution in [-0.2, 0) is 19.7 Å². The first kappa shape index (κ1) is 32.8. The topological polar surface area (TPSA) is 33.0 Å². The van der Waals surface area contributed by atoms with Gasteiger partial charge in [0.15, 0.2) is 8.32 Å². The van der Waals surface area contributed by atoms with Crippen LogP contribution < -0.4 is 0 Å². The van der Waals surface area contributed by atoms with Gasteiger partial charge in [0, 0.05) is 6.61 Å². The van der Waals surface area contributed by atoms with Crippen LogP contribution in [0.3, 0.4) is 0 Å². The van der Waals surface area contributed by atoms with Crippen molar-refractivity contribution in [1.29, 1.82) is 0 Å². The smallest absolute Gasteiger partial charge is 0.0771 e. The minimum Gasteiger partial charge on any atom is -0.358 e. The SMILES string of the molecule is CC(C)(C)[NH-].[CH2-]CCO[Si](C)(C)C.[CH2]=[Ti]([Cl])[Cl].[CH3-].c1ccc2c(c1)[cH-]c1ccccc12. The molecule has 6 heteroatoms. The molecule has 3 aromatic rings. The molecule has 0 aliphatic heterocycles. The van der Waals surface area contributed by atoms with Crippen molar-refractivity contribution in [2.24, 2.45) is 0 Å². The molecule has 176 valence electrons. The van der Waals surface area contributed by atoms with Crippen molar-refractivity contribution in [3.05, 3.63) is 74.7 Å². The Kier molecular flexibility index (Phi) is 17.2. The Bertz CT molecular complexity index is 822. The van der Waals surface area contributed by atoms with Crippen LogP contribution in [0.15, 0.2) is 54.6 Å². The van der Waals surface area contributed by atoms with Gasteiger partial charge in [0.2, 0.25) is 0 Å². The first-order chi connectivity index (χ1) is 13.7. The average molecular weight is 516 g/mol. The molecule has 1 N–H and O–H groups in total. The molecule has 0 saturated heterocycles. The second-order valence-corrected chi connectivity index (χ2v) is 18.9. The molecule has 0 radical (unpaired) electrons. The number of benzene rings is 2. The van der Waals surface area contributed by atoms with Crippen LogP contribution in [0.5, 0.6) is 0 Å². The van der Waals surface area contributed by atoms with Crippen molar-refractivity contribution in [2.45, 2.75) is 52.4 Å². The Labute approximate surface area is 205 Å². The van der Waals surface area contributed by atoms with Gasteiger partial charge in [-0.05, 0) is 19.6 Å². The van der Waals surface area contributed by atoms with E-state index in [4.69, 9.17) is 28.8 Å². The molecule has 0 heterocycles. The molecule has 31 heavy (non-hydrogen) atoms. The largest absolute Gasteiger partial charge is 0.358 e.